The zero-order valence-electron chi connectivity index (χ0n) is 13.1. The lowest BCUT2D eigenvalue weighted by Crippen LogP contribution is -3.07. The number of methoxy groups -OCH3 is 1. The molecule has 2 aromatic rings. The number of likely N-dealkylation sites (N-methyl/N-ethyl adjacent to an activating group) is 1. The molecule has 0 aliphatic heterocycles. The van der Waals surface area contributed by atoms with Gasteiger partial charge in [-0.05, 0) is 18.2 Å². The molecule has 23 heavy (non-hydrogen) atoms. The summed E-state index contributed by atoms with van der Waals surface area (Å²) in [6, 6.07) is 8.68. The smallest absolute Gasteiger partial charge is 0.265 e. The molecule has 0 aliphatic rings. The third-order valence-corrected chi connectivity index (χ3v) is 3.55. The summed E-state index contributed by atoms with van der Waals surface area (Å²) in [5.74, 6) is -0.681. The Hall–Kier alpha value is -2.67. The van der Waals surface area contributed by atoms with Gasteiger partial charge < -0.3 is 14.7 Å². The van der Waals surface area contributed by atoms with Crippen molar-refractivity contribution < 1.29 is 19.7 Å². The van der Waals surface area contributed by atoms with Crippen molar-refractivity contribution in [3.8, 4) is 11.5 Å². The fourth-order valence-electron chi connectivity index (χ4n) is 2.36. The number of hydrogen-bond acceptors (Lipinski definition) is 5. The molecule has 1 aromatic carbocycles. The van der Waals surface area contributed by atoms with Gasteiger partial charge in [-0.2, -0.15) is 0 Å². The number of nitro benzene ring substituents is 1. The molecule has 1 heterocycles. The maximum absolute atomic E-state index is 11.8. The number of ether oxygens (including phenoxy) is 1. The predicted octanol–water partition coefficient (Wildman–Crippen LogP) is 0.329. The third kappa shape index (κ3) is 4.40. The minimum Gasteiger partial charge on any atom is -0.865 e. The average molecular weight is 317 g/mol. The van der Waals surface area contributed by atoms with Gasteiger partial charge >= 0.3 is 0 Å². The number of hydrogen-bond donors (Lipinski definition) is 1. The Kier molecular flexibility index (Phi) is 5.48. The Bertz CT molecular complexity index is 677. The van der Waals surface area contributed by atoms with Crippen LogP contribution in [-0.4, -0.2) is 30.6 Å². The quantitative estimate of drug-likeness (QED) is 0.587. The zero-order valence-corrected chi connectivity index (χ0v) is 13.1. The van der Waals surface area contributed by atoms with Crippen molar-refractivity contribution in [3.05, 3.63) is 57.9 Å². The van der Waals surface area contributed by atoms with Crippen molar-refractivity contribution >= 4 is 5.69 Å². The van der Waals surface area contributed by atoms with Gasteiger partial charge in [0.05, 0.1) is 25.6 Å². The summed E-state index contributed by atoms with van der Waals surface area (Å²) in [5, 5.41) is 22.8. The van der Waals surface area contributed by atoms with E-state index >= 15 is 0 Å². The van der Waals surface area contributed by atoms with Crippen LogP contribution in [0.1, 0.15) is 11.3 Å². The Morgan fingerprint density at radius 1 is 1.35 bits per heavy atom. The van der Waals surface area contributed by atoms with Gasteiger partial charge in [0.2, 0.25) is 0 Å². The normalized spacial score (nSPS) is 11.9. The summed E-state index contributed by atoms with van der Waals surface area (Å²) >= 11 is 0. The molecular weight excluding hydrogens is 298 g/mol. The maximum Gasteiger partial charge on any atom is 0.265 e. The minimum atomic E-state index is -0.688. The van der Waals surface area contributed by atoms with Crippen LogP contribution in [0.2, 0.25) is 0 Å². The lowest BCUT2D eigenvalue weighted by molar-refractivity contribution is -0.893. The summed E-state index contributed by atoms with van der Waals surface area (Å²) in [5.41, 5.74) is 1.26. The highest BCUT2D eigenvalue weighted by molar-refractivity contribution is 5.56. The van der Waals surface area contributed by atoms with E-state index in [2.05, 4.69) is 4.98 Å². The molecule has 0 radical (unpaired) electrons. The van der Waals surface area contributed by atoms with Crippen LogP contribution in [-0.2, 0) is 13.0 Å². The van der Waals surface area contributed by atoms with Gasteiger partial charge in [-0.25, -0.2) is 0 Å². The average Bonchev–Trinajstić information content (AvgIpc) is 2.55. The van der Waals surface area contributed by atoms with E-state index in [0.29, 0.717) is 12.1 Å². The number of pyridine rings is 1. The van der Waals surface area contributed by atoms with Crippen LogP contribution in [0.25, 0.3) is 0 Å². The molecular formula is C16H19N3O4. The van der Waals surface area contributed by atoms with Crippen LogP contribution >= 0.6 is 0 Å². The van der Waals surface area contributed by atoms with Crippen molar-refractivity contribution in [2.45, 2.75) is 13.0 Å². The van der Waals surface area contributed by atoms with Crippen LogP contribution in [0.3, 0.4) is 0 Å². The second kappa shape index (κ2) is 7.55. The standard InChI is InChI=1S/C16H19N3O4/c1-18(8-6-13-5-3-4-7-17-13)11-12-9-14(19(21)22)16(20)15(10-12)23-2/h3-5,7,9-10,20H,6,8,11H2,1-2H3. The molecule has 0 bridgehead atoms. The van der Waals surface area contributed by atoms with Gasteiger partial charge in [0, 0.05) is 35.7 Å². The summed E-state index contributed by atoms with van der Waals surface area (Å²) < 4.78 is 4.95. The van der Waals surface area contributed by atoms with E-state index < -0.39 is 16.4 Å². The van der Waals surface area contributed by atoms with E-state index in [-0.39, 0.29) is 5.75 Å². The Balaban J connectivity index is 2.06. The monoisotopic (exact) mass is 317 g/mol. The van der Waals surface area contributed by atoms with Crippen molar-refractivity contribution in [1.82, 2.24) is 4.98 Å². The second-order valence-corrected chi connectivity index (χ2v) is 5.36. The predicted molar refractivity (Wildman–Crippen MR) is 82.5 cm³/mol. The summed E-state index contributed by atoms with van der Waals surface area (Å²) in [7, 11) is 3.33. The molecule has 0 saturated carbocycles. The molecule has 2 rings (SSSR count). The molecule has 7 nitrogen and oxygen atoms in total. The Labute approximate surface area is 134 Å². The molecule has 0 aliphatic carbocycles. The molecule has 1 unspecified atom stereocenters. The van der Waals surface area contributed by atoms with E-state index in [4.69, 9.17) is 4.74 Å². The molecule has 0 saturated heterocycles. The van der Waals surface area contributed by atoms with Gasteiger partial charge in [0.25, 0.3) is 5.69 Å². The zero-order chi connectivity index (χ0) is 16.8. The maximum atomic E-state index is 11.8. The van der Waals surface area contributed by atoms with Crippen LogP contribution in [0.4, 0.5) is 5.69 Å². The molecule has 0 fully saturated rings. The van der Waals surface area contributed by atoms with E-state index in [9.17, 15) is 15.2 Å². The van der Waals surface area contributed by atoms with Gasteiger partial charge in [0.1, 0.15) is 12.3 Å². The Morgan fingerprint density at radius 3 is 2.74 bits per heavy atom. The van der Waals surface area contributed by atoms with Crippen molar-refractivity contribution in [1.29, 1.82) is 0 Å². The lowest BCUT2D eigenvalue weighted by Gasteiger charge is -2.17. The van der Waals surface area contributed by atoms with Gasteiger partial charge in [-0.1, -0.05) is 6.07 Å². The highest BCUT2D eigenvalue weighted by atomic mass is 16.6. The van der Waals surface area contributed by atoms with E-state index in [1.54, 1.807) is 12.3 Å². The number of nitrogens with one attached hydrogen (secondary N) is 1. The molecule has 0 spiro atoms. The first kappa shape index (κ1) is 16.7. The molecule has 1 N–H and O–H groups in total. The van der Waals surface area contributed by atoms with Crippen LogP contribution < -0.4 is 14.7 Å². The fraction of sp³-hybridized carbons (Fsp3) is 0.312. The Morgan fingerprint density at radius 2 is 2.13 bits per heavy atom. The minimum absolute atomic E-state index is 0.00623. The first-order chi connectivity index (χ1) is 11.0. The van der Waals surface area contributed by atoms with Crippen LogP contribution in [0.5, 0.6) is 11.5 Å². The first-order valence-electron chi connectivity index (χ1n) is 7.24. The van der Waals surface area contributed by atoms with Gasteiger partial charge in [0.15, 0.2) is 0 Å². The number of nitro groups is 1. The summed E-state index contributed by atoms with van der Waals surface area (Å²) in [4.78, 5) is 15.7. The first-order valence-corrected chi connectivity index (χ1v) is 7.24. The molecule has 7 heteroatoms. The number of nitrogens with zero attached hydrogens (tertiary/aromatic N) is 2. The molecule has 0 amide bonds. The molecule has 1 atom stereocenters. The number of aromatic nitrogens is 1. The van der Waals surface area contributed by atoms with E-state index in [0.717, 1.165) is 23.6 Å². The second-order valence-electron chi connectivity index (χ2n) is 5.36. The summed E-state index contributed by atoms with van der Waals surface area (Å²) in [6.07, 6.45) is 2.57. The van der Waals surface area contributed by atoms with Crippen LogP contribution in [0, 0.1) is 10.1 Å². The summed E-state index contributed by atoms with van der Waals surface area (Å²) in [6.45, 7) is 1.39. The molecule has 1 aromatic heterocycles. The number of rotatable bonds is 7. The third-order valence-electron chi connectivity index (χ3n) is 3.55. The van der Waals surface area contributed by atoms with Crippen molar-refractivity contribution in [3.63, 3.8) is 0 Å². The fourth-order valence-corrected chi connectivity index (χ4v) is 2.36. The highest BCUT2D eigenvalue weighted by Crippen LogP contribution is 2.34. The van der Waals surface area contributed by atoms with Gasteiger partial charge in [-0.15, -0.1) is 0 Å². The molecule has 122 valence electrons. The van der Waals surface area contributed by atoms with Gasteiger partial charge in [-0.3, -0.25) is 15.1 Å². The topological polar surface area (TPSA) is 92.8 Å². The number of benzene rings is 1. The van der Waals surface area contributed by atoms with E-state index in [1.165, 1.54) is 13.2 Å². The van der Waals surface area contributed by atoms with Crippen LogP contribution in [0.15, 0.2) is 36.5 Å². The largest absolute Gasteiger partial charge is 0.865 e. The SMILES string of the molecule is COc1cc(C[NH+](C)CCc2ccccn2)cc([N+](=O)[O-])c1[O-]. The van der Waals surface area contributed by atoms with Crippen molar-refractivity contribution in [2.24, 2.45) is 0 Å². The number of quaternary nitrogens is 1. The van der Waals surface area contributed by atoms with Crippen molar-refractivity contribution in [2.75, 3.05) is 20.7 Å². The van der Waals surface area contributed by atoms with E-state index in [1.807, 2.05) is 25.2 Å². The highest BCUT2D eigenvalue weighted by Gasteiger charge is 2.15. The lowest BCUT2D eigenvalue weighted by atomic mass is 10.1.